The van der Waals surface area contributed by atoms with E-state index >= 15 is 0 Å². The van der Waals surface area contributed by atoms with Gasteiger partial charge in [-0.15, -0.1) is 10.2 Å². The minimum absolute atomic E-state index is 0.0164. The smallest absolute Gasteiger partial charge is 0.276 e. The molecule has 1 aliphatic rings. The number of nitrogens with two attached hydrogens (primary N) is 1. The van der Waals surface area contributed by atoms with E-state index in [1.807, 2.05) is 0 Å². The Labute approximate surface area is 99.1 Å². The summed E-state index contributed by atoms with van der Waals surface area (Å²) in [6, 6.07) is 0. The summed E-state index contributed by atoms with van der Waals surface area (Å²) in [4.78, 5) is 0. The third-order valence-electron chi connectivity index (χ3n) is 2.57. The van der Waals surface area contributed by atoms with Crippen LogP contribution in [0.25, 0.3) is 0 Å². The third-order valence-corrected chi connectivity index (χ3v) is 3.52. The number of rotatable bonds is 4. The van der Waals surface area contributed by atoms with Gasteiger partial charge in [0.2, 0.25) is 5.89 Å². The molecule has 5 nitrogen and oxygen atoms in total. The molecular formula is C10H17N3O2S. The number of ether oxygens (including phenoxy) is 1. The maximum absolute atomic E-state index is 5.87. The third kappa shape index (κ3) is 2.96. The largest absolute Gasteiger partial charge is 0.415 e. The Morgan fingerprint density at radius 3 is 2.88 bits per heavy atom. The molecule has 0 amide bonds. The lowest BCUT2D eigenvalue weighted by Gasteiger charge is -2.18. The van der Waals surface area contributed by atoms with Gasteiger partial charge in [-0.3, -0.25) is 0 Å². The number of aromatic nitrogens is 2. The van der Waals surface area contributed by atoms with E-state index in [9.17, 15) is 0 Å². The normalized spacial score (nSPS) is 23.8. The minimum Gasteiger partial charge on any atom is -0.415 e. The number of hydrogen-bond acceptors (Lipinski definition) is 6. The van der Waals surface area contributed by atoms with Gasteiger partial charge in [0, 0.05) is 5.75 Å². The van der Waals surface area contributed by atoms with Crippen molar-refractivity contribution in [1.82, 2.24) is 10.2 Å². The predicted molar refractivity (Wildman–Crippen MR) is 61.1 cm³/mol. The van der Waals surface area contributed by atoms with E-state index in [0.717, 1.165) is 18.6 Å². The van der Waals surface area contributed by atoms with Crippen molar-refractivity contribution in [3.63, 3.8) is 0 Å². The fourth-order valence-electron chi connectivity index (χ4n) is 1.74. The average molecular weight is 243 g/mol. The quantitative estimate of drug-likeness (QED) is 0.809. The highest BCUT2D eigenvalue weighted by atomic mass is 32.2. The standard InChI is InChI=1S/C10H17N3O2S/c1-10(2)4-3-7(15-10)6-16-9-13-12-8(5-11)14-9/h7H,3-6,11H2,1-2H3. The van der Waals surface area contributed by atoms with Gasteiger partial charge in [0.15, 0.2) is 0 Å². The molecule has 1 aliphatic heterocycles. The van der Waals surface area contributed by atoms with E-state index in [2.05, 4.69) is 24.0 Å². The van der Waals surface area contributed by atoms with Gasteiger partial charge in [0.05, 0.1) is 18.2 Å². The summed E-state index contributed by atoms with van der Waals surface area (Å²) >= 11 is 1.53. The van der Waals surface area contributed by atoms with Crippen LogP contribution in [0.1, 0.15) is 32.6 Å². The summed E-state index contributed by atoms with van der Waals surface area (Å²) in [5.41, 5.74) is 5.40. The maximum Gasteiger partial charge on any atom is 0.276 e. The molecule has 0 radical (unpaired) electrons. The van der Waals surface area contributed by atoms with Crippen molar-refractivity contribution < 1.29 is 9.15 Å². The lowest BCUT2D eigenvalue weighted by molar-refractivity contribution is -0.00473. The van der Waals surface area contributed by atoms with Crippen molar-refractivity contribution in [2.24, 2.45) is 5.73 Å². The van der Waals surface area contributed by atoms with Crippen LogP contribution in [-0.4, -0.2) is 27.7 Å². The second kappa shape index (κ2) is 4.73. The molecule has 1 unspecified atom stereocenters. The van der Waals surface area contributed by atoms with Crippen molar-refractivity contribution in [1.29, 1.82) is 0 Å². The van der Waals surface area contributed by atoms with Crippen molar-refractivity contribution in [2.75, 3.05) is 5.75 Å². The fraction of sp³-hybridized carbons (Fsp3) is 0.800. The minimum atomic E-state index is 0.0164. The Morgan fingerprint density at radius 2 is 2.31 bits per heavy atom. The van der Waals surface area contributed by atoms with Crippen LogP contribution in [0.3, 0.4) is 0 Å². The molecule has 6 heteroatoms. The van der Waals surface area contributed by atoms with E-state index in [4.69, 9.17) is 14.9 Å². The lowest BCUT2D eigenvalue weighted by atomic mass is 10.1. The van der Waals surface area contributed by atoms with Gasteiger partial charge in [0.1, 0.15) is 0 Å². The van der Waals surface area contributed by atoms with Crippen molar-refractivity contribution in [3.8, 4) is 0 Å². The molecular weight excluding hydrogens is 226 g/mol. The Hall–Kier alpha value is -0.590. The highest BCUT2D eigenvalue weighted by molar-refractivity contribution is 7.99. The molecule has 2 N–H and O–H groups in total. The van der Waals surface area contributed by atoms with Gasteiger partial charge in [-0.05, 0) is 26.7 Å². The van der Waals surface area contributed by atoms with E-state index in [1.54, 1.807) is 0 Å². The SMILES string of the molecule is CC1(C)CCC(CSc2nnc(CN)o2)O1. The van der Waals surface area contributed by atoms with E-state index < -0.39 is 0 Å². The molecule has 0 spiro atoms. The first-order chi connectivity index (χ1) is 7.59. The Balaban J connectivity index is 1.80. The summed E-state index contributed by atoms with van der Waals surface area (Å²) in [6.07, 6.45) is 2.49. The molecule has 1 fully saturated rings. The van der Waals surface area contributed by atoms with E-state index in [1.165, 1.54) is 11.8 Å². The topological polar surface area (TPSA) is 74.2 Å². The molecule has 2 rings (SSSR count). The lowest BCUT2D eigenvalue weighted by Crippen LogP contribution is -2.21. The molecule has 1 aromatic rings. The Kier molecular flexibility index (Phi) is 3.51. The van der Waals surface area contributed by atoms with Crippen LogP contribution < -0.4 is 5.73 Å². The Bertz CT molecular complexity index is 354. The van der Waals surface area contributed by atoms with Crippen LogP contribution in [0, 0.1) is 0 Å². The zero-order valence-electron chi connectivity index (χ0n) is 9.60. The molecule has 1 aromatic heterocycles. The first-order valence-corrected chi connectivity index (χ1v) is 6.41. The predicted octanol–water partition coefficient (Wildman–Crippen LogP) is 1.58. The molecule has 0 aromatic carbocycles. The second-order valence-corrected chi connectivity index (χ2v) is 5.49. The molecule has 1 atom stereocenters. The molecule has 0 saturated carbocycles. The monoisotopic (exact) mass is 243 g/mol. The highest BCUT2D eigenvalue weighted by Gasteiger charge is 2.31. The van der Waals surface area contributed by atoms with Gasteiger partial charge in [0.25, 0.3) is 5.22 Å². The molecule has 1 saturated heterocycles. The summed E-state index contributed by atoms with van der Waals surface area (Å²) < 4.78 is 11.2. The van der Waals surface area contributed by atoms with Gasteiger partial charge < -0.3 is 14.9 Å². The average Bonchev–Trinajstić information content (AvgIpc) is 2.81. The summed E-state index contributed by atoms with van der Waals surface area (Å²) in [5, 5.41) is 8.28. The van der Waals surface area contributed by atoms with Crippen molar-refractivity contribution >= 4 is 11.8 Å². The fourth-order valence-corrected chi connectivity index (χ4v) is 2.56. The van der Waals surface area contributed by atoms with Gasteiger partial charge in [-0.25, -0.2) is 0 Å². The number of hydrogen-bond donors (Lipinski definition) is 1. The van der Waals surface area contributed by atoms with E-state index in [0.29, 0.717) is 17.7 Å². The zero-order valence-corrected chi connectivity index (χ0v) is 10.4. The van der Waals surface area contributed by atoms with Gasteiger partial charge in [-0.1, -0.05) is 11.8 Å². The summed E-state index contributed by atoms with van der Waals surface area (Å²) in [5.74, 6) is 1.34. The van der Waals surface area contributed by atoms with Gasteiger partial charge >= 0.3 is 0 Å². The van der Waals surface area contributed by atoms with Crippen LogP contribution in [0.5, 0.6) is 0 Å². The zero-order chi connectivity index (χ0) is 11.6. The van der Waals surface area contributed by atoms with Crippen LogP contribution in [0.15, 0.2) is 9.64 Å². The molecule has 0 bridgehead atoms. The first-order valence-electron chi connectivity index (χ1n) is 5.42. The van der Waals surface area contributed by atoms with Crippen molar-refractivity contribution in [2.45, 2.75) is 50.2 Å². The molecule has 2 heterocycles. The molecule has 16 heavy (non-hydrogen) atoms. The first kappa shape index (κ1) is 11.9. The van der Waals surface area contributed by atoms with Crippen LogP contribution >= 0.6 is 11.8 Å². The Morgan fingerprint density at radius 1 is 1.50 bits per heavy atom. The van der Waals surface area contributed by atoms with Gasteiger partial charge in [-0.2, -0.15) is 0 Å². The van der Waals surface area contributed by atoms with E-state index in [-0.39, 0.29) is 11.7 Å². The van der Waals surface area contributed by atoms with Crippen LogP contribution in [-0.2, 0) is 11.3 Å². The van der Waals surface area contributed by atoms with Crippen molar-refractivity contribution in [3.05, 3.63) is 5.89 Å². The number of nitrogens with zero attached hydrogens (tertiary/aromatic N) is 2. The number of thioether (sulfide) groups is 1. The maximum atomic E-state index is 5.87. The molecule has 0 aliphatic carbocycles. The summed E-state index contributed by atoms with van der Waals surface area (Å²) in [7, 11) is 0. The van der Waals surface area contributed by atoms with Crippen LogP contribution in [0.4, 0.5) is 0 Å². The molecule has 90 valence electrons. The second-order valence-electron chi connectivity index (χ2n) is 4.52. The van der Waals surface area contributed by atoms with Crippen LogP contribution in [0.2, 0.25) is 0 Å². The summed E-state index contributed by atoms with van der Waals surface area (Å²) in [6.45, 7) is 4.54. The highest BCUT2D eigenvalue weighted by Crippen LogP contribution is 2.32.